The molecule has 1 amide bonds. The summed E-state index contributed by atoms with van der Waals surface area (Å²) >= 11 is 1.57. The number of hydrogen-bond donors (Lipinski definition) is 1. The number of nitrogens with one attached hydrogen (secondary N) is 1. The lowest BCUT2D eigenvalue weighted by atomic mass is 10.2. The van der Waals surface area contributed by atoms with Crippen LogP contribution < -0.4 is 4.72 Å². The number of benzene rings is 2. The third-order valence-electron chi connectivity index (χ3n) is 4.26. The van der Waals surface area contributed by atoms with Crippen LogP contribution >= 0.6 is 11.3 Å². The molecule has 3 aromatic rings. The summed E-state index contributed by atoms with van der Waals surface area (Å²) in [5.41, 5.74) is 1.18. The molecular formula is C22H22N2O3S2. The van der Waals surface area contributed by atoms with Gasteiger partial charge >= 0.3 is 0 Å². The predicted octanol–water partition coefficient (Wildman–Crippen LogP) is 4.06. The molecule has 0 aliphatic carbocycles. The zero-order valence-electron chi connectivity index (χ0n) is 15.8. The molecule has 0 unspecified atom stereocenters. The van der Waals surface area contributed by atoms with E-state index in [1.165, 1.54) is 12.1 Å². The van der Waals surface area contributed by atoms with Crippen molar-refractivity contribution in [3.05, 3.63) is 101 Å². The van der Waals surface area contributed by atoms with Crippen molar-refractivity contribution < 1.29 is 13.2 Å². The molecule has 29 heavy (non-hydrogen) atoms. The second kappa shape index (κ2) is 9.65. The first-order valence-corrected chi connectivity index (χ1v) is 11.4. The molecule has 1 N–H and O–H groups in total. The SMILES string of the molecule is C=CCN(Cc1cccs1)C(=O)c1cccc(S(=O)(=O)NCc2ccccc2)c1. The fourth-order valence-corrected chi connectivity index (χ4v) is 4.58. The molecule has 0 saturated carbocycles. The summed E-state index contributed by atoms with van der Waals surface area (Å²) in [6.45, 7) is 4.73. The minimum atomic E-state index is -3.74. The smallest absolute Gasteiger partial charge is 0.254 e. The van der Waals surface area contributed by atoms with Crippen LogP contribution in [0.15, 0.2) is 89.7 Å². The van der Waals surface area contributed by atoms with Gasteiger partial charge in [0.05, 0.1) is 11.4 Å². The summed E-state index contributed by atoms with van der Waals surface area (Å²) in [5.74, 6) is -0.238. The first kappa shape index (κ1) is 21.0. The van der Waals surface area contributed by atoms with Gasteiger partial charge < -0.3 is 4.90 Å². The molecule has 0 aliphatic rings. The van der Waals surface area contributed by atoms with Gasteiger partial charge in [-0.25, -0.2) is 13.1 Å². The maximum Gasteiger partial charge on any atom is 0.254 e. The van der Waals surface area contributed by atoms with Crippen molar-refractivity contribution in [2.24, 2.45) is 0 Å². The normalized spacial score (nSPS) is 11.2. The quantitative estimate of drug-likeness (QED) is 0.525. The number of carbonyl (C=O) groups is 1. The fraction of sp³-hybridized carbons (Fsp3) is 0.136. The summed E-state index contributed by atoms with van der Waals surface area (Å²) in [4.78, 5) is 15.7. The van der Waals surface area contributed by atoms with Crippen LogP contribution in [-0.4, -0.2) is 25.8 Å². The number of nitrogens with zero attached hydrogens (tertiary/aromatic N) is 1. The van der Waals surface area contributed by atoms with Crippen molar-refractivity contribution in [3.63, 3.8) is 0 Å². The molecule has 1 aromatic heterocycles. The van der Waals surface area contributed by atoms with E-state index < -0.39 is 10.0 Å². The van der Waals surface area contributed by atoms with Crippen LogP contribution in [0, 0.1) is 0 Å². The Morgan fingerprint density at radius 1 is 1.07 bits per heavy atom. The molecule has 5 nitrogen and oxygen atoms in total. The van der Waals surface area contributed by atoms with Crippen molar-refractivity contribution in [3.8, 4) is 0 Å². The van der Waals surface area contributed by atoms with Gasteiger partial charge in [-0.2, -0.15) is 0 Å². The lowest BCUT2D eigenvalue weighted by Gasteiger charge is -2.21. The van der Waals surface area contributed by atoms with Gasteiger partial charge in [-0.1, -0.05) is 48.5 Å². The van der Waals surface area contributed by atoms with E-state index in [4.69, 9.17) is 0 Å². The van der Waals surface area contributed by atoms with Gasteiger partial charge in [0.1, 0.15) is 0 Å². The Balaban J connectivity index is 1.77. The third kappa shape index (κ3) is 5.63. The molecule has 1 heterocycles. The Morgan fingerprint density at radius 2 is 1.86 bits per heavy atom. The highest BCUT2D eigenvalue weighted by Crippen LogP contribution is 2.17. The van der Waals surface area contributed by atoms with E-state index in [1.54, 1.807) is 34.4 Å². The van der Waals surface area contributed by atoms with E-state index >= 15 is 0 Å². The molecule has 3 rings (SSSR count). The van der Waals surface area contributed by atoms with Crippen LogP contribution in [-0.2, 0) is 23.1 Å². The van der Waals surface area contributed by atoms with Crippen molar-refractivity contribution in [1.82, 2.24) is 9.62 Å². The molecule has 0 bridgehead atoms. The van der Waals surface area contributed by atoms with Crippen LogP contribution in [0.3, 0.4) is 0 Å². The second-order valence-electron chi connectivity index (χ2n) is 6.39. The molecule has 150 valence electrons. The van der Waals surface area contributed by atoms with E-state index in [0.717, 1.165) is 10.4 Å². The van der Waals surface area contributed by atoms with Gasteiger partial charge in [0.15, 0.2) is 0 Å². The van der Waals surface area contributed by atoms with Gasteiger partial charge in [0.25, 0.3) is 5.91 Å². The number of carbonyl (C=O) groups excluding carboxylic acids is 1. The molecular weight excluding hydrogens is 404 g/mol. The first-order chi connectivity index (χ1) is 14.0. The van der Waals surface area contributed by atoms with Crippen LogP contribution in [0.2, 0.25) is 0 Å². The highest BCUT2D eigenvalue weighted by Gasteiger charge is 2.19. The summed E-state index contributed by atoms with van der Waals surface area (Å²) in [6.07, 6.45) is 1.66. The van der Waals surface area contributed by atoms with E-state index in [1.807, 2.05) is 47.8 Å². The molecule has 0 spiro atoms. The number of rotatable bonds is 9. The molecule has 0 saturated heterocycles. The van der Waals surface area contributed by atoms with Crippen LogP contribution in [0.5, 0.6) is 0 Å². The maximum atomic E-state index is 13.0. The molecule has 7 heteroatoms. The van der Waals surface area contributed by atoms with Crippen LogP contribution in [0.25, 0.3) is 0 Å². The van der Waals surface area contributed by atoms with Gasteiger partial charge in [-0.15, -0.1) is 17.9 Å². The van der Waals surface area contributed by atoms with Gasteiger partial charge in [-0.3, -0.25) is 4.79 Å². The van der Waals surface area contributed by atoms with Gasteiger partial charge in [0, 0.05) is 23.5 Å². The summed E-state index contributed by atoms with van der Waals surface area (Å²) in [6, 6.07) is 19.3. The molecule has 0 fully saturated rings. The van der Waals surface area contributed by atoms with Gasteiger partial charge in [0.2, 0.25) is 10.0 Å². The van der Waals surface area contributed by atoms with Crippen LogP contribution in [0.4, 0.5) is 0 Å². The Kier molecular flexibility index (Phi) is 6.98. The fourth-order valence-electron chi connectivity index (χ4n) is 2.80. The van der Waals surface area contributed by atoms with E-state index in [-0.39, 0.29) is 17.3 Å². The average Bonchev–Trinajstić information content (AvgIpc) is 3.25. The Hall–Kier alpha value is -2.74. The largest absolute Gasteiger partial charge is 0.330 e. The summed E-state index contributed by atoms with van der Waals surface area (Å²) in [7, 11) is -3.74. The predicted molar refractivity (Wildman–Crippen MR) is 116 cm³/mol. The number of amides is 1. The highest BCUT2D eigenvalue weighted by atomic mass is 32.2. The lowest BCUT2D eigenvalue weighted by molar-refractivity contribution is 0.0764. The molecule has 2 aromatic carbocycles. The minimum absolute atomic E-state index is 0.0638. The van der Waals surface area contributed by atoms with Crippen molar-refractivity contribution in [2.75, 3.05) is 6.54 Å². The van der Waals surface area contributed by atoms with Crippen LogP contribution in [0.1, 0.15) is 20.8 Å². The third-order valence-corrected chi connectivity index (χ3v) is 6.52. The monoisotopic (exact) mass is 426 g/mol. The number of sulfonamides is 1. The van der Waals surface area contributed by atoms with Crippen molar-refractivity contribution >= 4 is 27.3 Å². The minimum Gasteiger partial charge on any atom is -0.330 e. The van der Waals surface area contributed by atoms with E-state index in [2.05, 4.69) is 11.3 Å². The molecule has 0 aliphatic heterocycles. The first-order valence-electron chi connectivity index (χ1n) is 9.06. The zero-order chi connectivity index (χ0) is 20.7. The number of thiophene rings is 1. The topological polar surface area (TPSA) is 66.5 Å². The number of hydrogen-bond acceptors (Lipinski definition) is 4. The summed E-state index contributed by atoms with van der Waals surface area (Å²) < 4.78 is 27.9. The average molecular weight is 427 g/mol. The zero-order valence-corrected chi connectivity index (χ0v) is 17.5. The van der Waals surface area contributed by atoms with Crippen molar-refractivity contribution in [2.45, 2.75) is 18.0 Å². The van der Waals surface area contributed by atoms with Gasteiger partial charge in [-0.05, 0) is 35.2 Å². The Labute approximate surface area is 175 Å². The Bertz CT molecular complexity index is 1060. The second-order valence-corrected chi connectivity index (χ2v) is 9.19. The Morgan fingerprint density at radius 3 is 2.55 bits per heavy atom. The molecule has 0 radical (unpaired) electrons. The molecule has 0 atom stereocenters. The van der Waals surface area contributed by atoms with E-state index in [9.17, 15) is 13.2 Å². The summed E-state index contributed by atoms with van der Waals surface area (Å²) in [5, 5.41) is 1.96. The maximum absolute atomic E-state index is 13.0. The van der Waals surface area contributed by atoms with E-state index in [0.29, 0.717) is 18.7 Å². The standard InChI is InChI=1S/C22H22N2O3S2/c1-2-13-24(17-20-11-7-14-28-20)22(25)19-10-6-12-21(15-19)29(26,27)23-16-18-8-4-3-5-9-18/h2-12,14-15,23H,1,13,16-17H2. The van der Waals surface area contributed by atoms with Crippen molar-refractivity contribution in [1.29, 1.82) is 0 Å². The highest BCUT2D eigenvalue weighted by molar-refractivity contribution is 7.89. The lowest BCUT2D eigenvalue weighted by Crippen LogP contribution is -2.30.